The molecule has 0 aromatic rings. The quantitative estimate of drug-likeness (QED) is 0.687. The highest BCUT2D eigenvalue weighted by Gasteiger charge is 2.33. The summed E-state index contributed by atoms with van der Waals surface area (Å²) in [5.74, 6) is -0.823. The SMILES string of the molecule is CCCCCOC1(C)OCC(CO)CO1. The lowest BCUT2D eigenvalue weighted by Crippen LogP contribution is -2.45. The van der Waals surface area contributed by atoms with Crippen LogP contribution in [-0.4, -0.2) is 37.5 Å². The van der Waals surface area contributed by atoms with Gasteiger partial charge in [-0.2, -0.15) is 0 Å². The van der Waals surface area contributed by atoms with Crippen LogP contribution in [0.4, 0.5) is 0 Å². The van der Waals surface area contributed by atoms with Gasteiger partial charge in [-0.15, -0.1) is 0 Å². The fourth-order valence-electron chi connectivity index (χ4n) is 1.43. The minimum Gasteiger partial charge on any atom is -0.396 e. The molecule has 1 N–H and O–H groups in total. The summed E-state index contributed by atoms with van der Waals surface area (Å²) in [7, 11) is 0. The van der Waals surface area contributed by atoms with Crippen LogP contribution in [0.1, 0.15) is 33.1 Å². The Morgan fingerprint density at radius 3 is 2.53 bits per heavy atom. The normalized spacial score (nSPS) is 31.8. The molecule has 4 heteroatoms. The van der Waals surface area contributed by atoms with E-state index in [2.05, 4.69) is 6.92 Å². The molecule has 0 radical (unpaired) electrons. The summed E-state index contributed by atoms with van der Waals surface area (Å²) in [6.45, 7) is 5.70. The molecule has 90 valence electrons. The van der Waals surface area contributed by atoms with Crippen LogP contribution in [0.2, 0.25) is 0 Å². The molecule has 0 unspecified atom stereocenters. The average Bonchev–Trinajstić information content (AvgIpc) is 2.26. The second-order valence-corrected chi connectivity index (χ2v) is 4.09. The van der Waals surface area contributed by atoms with Crippen LogP contribution < -0.4 is 0 Å². The largest absolute Gasteiger partial charge is 0.396 e. The molecular weight excluding hydrogens is 196 g/mol. The smallest absolute Gasteiger partial charge is 0.279 e. The summed E-state index contributed by atoms with van der Waals surface area (Å²) in [6, 6.07) is 0. The van der Waals surface area contributed by atoms with Gasteiger partial charge in [0.05, 0.1) is 26.4 Å². The minimum absolute atomic E-state index is 0.0808. The van der Waals surface area contributed by atoms with Crippen molar-refractivity contribution in [2.45, 2.75) is 39.1 Å². The number of ether oxygens (including phenoxy) is 3. The molecule has 0 spiro atoms. The van der Waals surface area contributed by atoms with Crippen LogP contribution in [0, 0.1) is 5.92 Å². The molecule has 0 bridgehead atoms. The summed E-state index contributed by atoms with van der Waals surface area (Å²) < 4.78 is 16.4. The summed E-state index contributed by atoms with van der Waals surface area (Å²) in [4.78, 5) is 0. The van der Waals surface area contributed by atoms with E-state index in [-0.39, 0.29) is 12.5 Å². The van der Waals surface area contributed by atoms with E-state index in [1.807, 2.05) is 0 Å². The van der Waals surface area contributed by atoms with Crippen molar-refractivity contribution in [3.8, 4) is 0 Å². The van der Waals surface area contributed by atoms with E-state index < -0.39 is 5.97 Å². The van der Waals surface area contributed by atoms with E-state index in [0.717, 1.165) is 12.8 Å². The number of hydrogen-bond acceptors (Lipinski definition) is 4. The first-order chi connectivity index (χ1) is 7.20. The Labute approximate surface area is 91.5 Å². The van der Waals surface area contributed by atoms with Gasteiger partial charge in [0, 0.05) is 12.8 Å². The third-order valence-electron chi connectivity index (χ3n) is 2.53. The van der Waals surface area contributed by atoms with Crippen molar-refractivity contribution < 1.29 is 19.3 Å². The van der Waals surface area contributed by atoms with Crippen molar-refractivity contribution in [3.63, 3.8) is 0 Å². The lowest BCUT2D eigenvalue weighted by molar-refractivity contribution is -0.399. The summed E-state index contributed by atoms with van der Waals surface area (Å²) >= 11 is 0. The maximum Gasteiger partial charge on any atom is 0.279 e. The maximum absolute atomic E-state index is 8.91. The lowest BCUT2D eigenvalue weighted by atomic mass is 10.2. The Morgan fingerprint density at radius 1 is 1.33 bits per heavy atom. The van der Waals surface area contributed by atoms with E-state index in [9.17, 15) is 0 Å². The molecule has 1 rings (SSSR count). The molecule has 0 aromatic heterocycles. The summed E-state index contributed by atoms with van der Waals surface area (Å²) in [5, 5.41) is 8.91. The zero-order valence-electron chi connectivity index (χ0n) is 9.70. The molecule has 0 aromatic carbocycles. The van der Waals surface area contributed by atoms with Crippen LogP contribution in [-0.2, 0) is 14.2 Å². The predicted octanol–water partition coefficient (Wildman–Crippen LogP) is 1.52. The highest BCUT2D eigenvalue weighted by molar-refractivity contribution is 4.64. The molecule has 4 nitrogen and oxygen atoms in total. The van der Waals surface area contributed by atoms with Gasteiger partial charge in [0.25, 0.3) is 5.97 Å². The molecule has 0 aliphatic carbocycles. The van der Waals surface area contributed by atoms with Crippen LogP contribution in [0.15, 0.2) is 0 Å². The van der Waals surface area contributed by atoms with Gasteiger partial charge in [0.2, 0.25) is 0 Å². The molecule has 1 aliphatic heterocycles. The van der Waals surface area contributed by atoms with Crippen molar-refractivity contribution in [1.82, 2.24) is 0 Å². The van der Waals surface area contributed by atoms with Gasteiger partial charge in [-0.3, -0.25) is 0 Å². The van der Waals surface area contributed by atoms with Crippen molar-refractivity contribution >= 4 is 0 Å². The zero-order chi connectivity index (χ0) is 11.1. The molecular formula is C11H22O4. The molecule has 1 aliphatic rings. The summed E-state index contributed by atoms with van der Waals surface area (Å²) in [5.41, 5.74) is 0. The van der Waals surface area contributed by atoms with E-state index in [0.29, 0.717) is 19.8 Å². The number of unbranched alkanes of at least 4 members (excludes halogenated alkanes) is 2. The molecule has 0 amide bonds. The third-order valence-corrected chi connectivity index (χ3v) is 2.53. The predicted molar refractivity (Wildman–Crippen MR) is 56.4 cm³/mol. The monoisotopic (exact) mass is 218 g/mol. The molecule has 15 heavy (non-hydrogen) atoms. The standard InChI is InChI=1S/C11H22O4/c1-3-4-5-6-13-11(2)14-8-10(7-12)9-15-11/h10,12H,3-9H2,1-2H3. The van der Waals surface area contributed by atoms with Crippen molar-refractivity contribution in [2.24, 2.45) is 5.92 Å². The Kier molecular flexibility index (Phi) is 5.53. The van der Waals surface area contributed by atoms with Crippen molar-refractivity contribution in [1.29, 1.82) is 0 Å². The number of aliphatic hydroxyl groups is 1. The number of aliphatic hydroxyl groups excluding tert-OH is 1. The van der Waals surface area contributed by atoms with Gasteiger partial charge < -0.3 is 19.3 Å². The third kappa shape index (κ3) is 4.47. The van der Waals surface area contributed by atoms with E-state index >= 15 is 0 Å². The minimum atomic E-state index is -0.903. The van der Waals surface area contributed by atoms with Crippen molar-refractivity contribution in [2.75, 3.05) is 26.4 Å². The van der Waals surface area contributed by atoms with Crippen LogP contribution >= 0.6 is 0 Å². The zero-order valence-corrected chi connectivity index (χ0v) is 9.70. The fraction of sp³-hybridized carbons (Fsp3) is 1.00. The highest BCUT2D eigenvalue weighted by Crippen LogP contribution is 2.22. The Bertz CT molecular complexity index is 164. The number of hydrogen-bond donors (Lipinski definition) is 1. The van der Waals surface area contributed by atoms with Gasteiger partial charge in [-0.1, -0.05) is 19.8 Å². The van der Waals surface area contributed by atoms with E-state index in [1.165, 1.54) is 6.42 Å². The van der Waals surface area contributed by atoms with Crippen LogP contribution in [0.25, 0.3) is 0 Å². The van der Waals surface area contributed by atoms with Gasteiger partial charge in [-0.05, 0) is 6.42 Å². The highest BCUT2D eigenvalue weighted by atomic mass is 16.9. The van der Waals surface area contributed by atoms with E-state index in [4.69, 9.17) is 19.3 Å². The maximum atomic E-state index is 8.91. The molecule has 0 atom stereocenters. The topological polar surface area (TPSA) is 47.9 Å². The number of rotatable bonds is 6. The Hall–Kier alpha value is -0.160. The first kappa shape index (κ1) is 12.9. The second kappa shape index (κ2) is 6.43. The van der Waals surface area contributed by atoms with Gasteiger partial charge in [0.1, 0.15) is 0 Å². The van der Waals surface area contributed by atoms with Gasteiger partial charge >= 0.3 is 0 Å². The van der Waals surface area contributed by atoms with Crippen LogP contribution in [0.5, 0.6) is 0 Å². The van der Waals surface area contributed by atoms with Crippen LogP contribution in [0.3, 0.4) is 0 Å². The first-order valence-electron chi connectivity index (χ1n) is 5.73. The molecule has 0 saturated carbocycles. The van der Waals surface area contributed by atoms with Gasteiger partial charge in [0.15, 0.2) is 0 Å². The van der Waals surface area contributed by atoms with Crippen molar-refractivity contribution in [3.05, 3.63) is 0 Å². The average molecular weight is 218 g/mol. The van der Waals surface area contributed by atoms with E-state index in [1.54, 1.807) is 6.92 Å². The molecule has 1 saturated heterocycles. The fourth-order valence-corrected chi connectivity index (χ4v) is 1.43. The Balaban J connectivity index is 2.17. The second-order valence-electron chi connectivity index (χ2n) is 4.09. The Morgan fingerprint density at radius 2 is 2.00 bits per heavy atom. The molecule has 1 heterocycles. The molecule has 1 fully saturated rings. The summed E-state index contributed by atoms with van der Waals surface area (Å²) in [6.07, 6.45) is 3.37. The first-order valence-corrected chi connectivity index (χ1v) is 5.73. The van der Waals surface area contributed by atoms with Gasteiger partial charge in [-0.25, -0.2) is 0 Å². The lowest BCUT2D eigenvalue weighted by Gasteiger charge is -2.36.